The molecule has 5 rings (SSSR count). The van der Waals surface area contributed by atoms with Gasteiger partial charge >= 0.3 is 5.97 Å². The Hall–Kier alpha value is -1.20. The van der Waals surface area contributed by atoms with E-state index < -0.39 is 23.7 Å². The van der Waals surface area contributed by atoms with E-state index >= 15 is 0 Å². The fraction of sp³-hybridized carbons (Fsp3) is 0.810. The van der Waals surface area contributed by atoms with Gasteiger partial charge < -0.3 is 14.9 Å². The van der Waals surface area contributed by atoms with Gasteiger partial charge in [-0.15, -0.1) is 0 Å². The molecule has 1 saturated heterocycles. The Bertz CT molecular complexity index is 713. The van der Waals surface area contributed by atoms with Gasteiger partial charge in [0.25, 0.3) is 0 Å². The highest BCUT2D eigenvalue weighted by atomic mass is 16.6. The van der Waals surface area contributed by atoms with Crippen molar-refractivity contribution in [1.29, 1.82) is 0 Å². The quantitative estimate of drug-likeness (QED) is 0.552. The first-order valence-corrected chi connectivity index (χ1v) is 10.1. The van der Waals surface area contributed by atoms with Crippen LogP contribution in [0.25, 0.3) is 0 Å². The smallest absolute Gasteiger partial charge is 0.317 e. The largest absolute Gasteiger partial charge is 0.459 e. The second-order valence-corrected chi connectivity index (χ2v) is 9.61. The van der Waals surface area contributed by atoms with E-state index in [1.54, 1.807) is 6.92 Å². The van der Waals surface area contributed by atoms with Crippen LogP contribution in [0, 0.1) is 34.5 Å². The minimum atomic E-state index is -1.01. The predicted molar refractivity (Wildman–Crippen MR) is 92.9 cm³/mol. The van der Waals surface area contributed by atoms with E-state index in [4.69, 9.17) is 4.74 Å². The molecule has 26 heavy (non-hydrogen) atoms. The van der Waals surface area contributed by atoms with Crippen molar-refractivity contribution >= 4 is 11.8 Å². The van der Waals surface area contributed by atoms with Gasteiger partial charge in [-0.2, -0.15) is 0 Å². The highest BCUT2D eigenvalue weighted by molar-refractivity contribution is 5.85. The third-order valence-electron chi connectivity index (χ3n) is 8.85. The molecule has 5 nitrogen and oxygen atoms in total. The molecule has 0 radical (unpaired) electrons. The van der Waals surface area contributed by atoms with Gasteiger partial charge in [0.2, 0.25) is 0 Å². The Kier molecular flexibility index (Phi) is 3.38. The summed E-state index contributed by atoms with van der Waals surface area (Å²) in [5.74, 6) is 1.15. The second-order valence-electron chi connectivity index (χ2n) is 9.61. The molecule has 2 N–H and O–H groups in total. The van der Waals surface area contributed by atoms with Crippen molar-refractivity contribution in [3.05, 3.63) is 11.6 Å². The Labute approximate surface area is 153 Å². The van der Waals surface area contributed by atoms with Crippen LogP contribution >= 0.6 is 0 Å². The molecule has 9 atom stereocenters. The van der Waals surface area contributed by atoms with Crippen molar-refractivity contribution < 1.29 is 24.5 Å². The molecular formula is C21H28O5. The van der Waals surface area contributed by atoms with Crippen LogP contribution in [0.2, 0.25) is 0 Å². The molecule has 4 aliphatic carbocycles. The lowest BCUT2D eigenvalue weighted by molar-refractivity contribution is -0.154. The number of ketones is 1. The summed E-state index contributed by atoms with van der Waals surface area (Å²) >= 11 is 0. The summed E-state index contributed by atoms with van der Waals surface area (Å²) in [6.07, 6.45) is 4.59. The van der Waals surface area contributed by atoms with Gasteiger partial charge in [0, 0.05) is 12.3 Å². The number of hydrogen-bond donors (Lipinski definition) is 2. The van der Waals surface area contributed by atoms with E-state index in [-0.39, 0.29) is 23.2 Å². The Balaban J connectivity index is 1.57. The third-order valence-corrected chi connectivity index (χ3v) is 8.85. The number of allylic oxidation sites excluding steroid dienone is 1. The minimum absolute atomic E-state index is 0.0314. The van der Waals surface area contributed by atoms with Crippen molar-refractivity contribution in [2.75, 3.05) is 0 Å². The van der Waals surface area contributed by atoms with E-state index in [1.165, 1.54) is 0 Å². The Morgan fingerprint density at radius 2 is 2.00 bits per heavy atom. The lowest BCUT2D eigenvalue weighted by Gasteiger charge is -2.56. The zero-order chi connectivity index (χ0) is 18.4. The summed E-state index contributed by atoms with van der Waals surface area (Å²) in [5, 5.41) is 20.9. The summed E-state index contributed by atoms with van der Waals surface area (Å²) in [4.78, 5) is 25.2. The molecule has 5 heteroatoms. The number of esters is 1. The first kappa shape index (κ1) is 16.9. The molecule has 142 valence electrons. The van der Waals surface area contributed by atoms with Crippen molar-refractivity contribution in [2.45, 2.75) is 70.7 Å². The van der Waals surface area contributed by atoms with Crippen molar-refractivity contribution in [3.63, 3.8) is 0 Å². The summed E-state index contributed by atoms with van der Waals surface area (Å²) in [6.45, 7) is 4.00. The molecule has 0 unspecified atom stereocenters. The number of aliphatic hydroxyl groups is 2. The van der Waals surface area contributed by atoms with Gasteiger partial charge in [-0.1, -0.05) is 13.0 Å². The van der Waals surface area contributed by atoms with Crippen LogP contribution in [-0.2, 0) is 14.3 Å². The maximum atomic E-state index is 13.0. The first-order chi connectivity index (χ1) is 12.3. The highest BCUT2D eigenvalue weighted by Crippen LogP contribution is 2.68. The number of hydrogen-bond acceptors (Lipinski definition) is 5. The zero-order valence-electron chi connectivity index (χ0n) is 15.5. The topological polar surface area (TPSA) is 83.8 Å². The van der Waals surface area contributed by atoms with Crippen LogP contribution < -0.4 is 0 Å². The molecule has 1 aliphatic heterocycles. The summed E-state index contributed by atoms with van der Waals surface area (Å²) in [7, 11) is 0. The third kappa shape index (κ3) is 1.79. The van der Waals surface area contributed by atoms with Crippen LogP contribution in [0.5, 0.6) is 0 Å². The molecule has 0 aromatic carbocycles. The highest BCUT2D eigenvalue weighted by Gasteiger charge is 2.69. The van der Waals surface area contributed by atoms with E-state index in [1.807, 2.05) is 6.08 Å². The van der Waals surface area contributed by atoms with Crippen molar-refractivity contribution in [2.24, 2.45) is 34.5 Å². The Morgan fingerprint density at radius 3 is 2.73 bits per heavy atom. The molecule has 0 amide bonds. The monoisotopic (exact) mass is 360 g/mol. The zero-order valence-corrected chi connectivity index (χ0v) is 15.5. The molecule has 5 aliphatic rings. The summed E-state index contributed by atoms with van der Waals surface area (Å²) in [6, 6.07) is 0. The van der Waals surface area contributed by atoms with Crippen LogP contribution in [0.15, 0.2) is 11.6 Å². The van der Waals surface area contributed by atoms with Crippen molar-refractivity contribution in [3.8, 4) is 0 Å². The first-order valence-electron chi connectivity index (χ1n) is 10.1. The predicted octanol–water partition coefficient (Wildman–Crippen LogP) is 2.00. The Morgan fingerprint density at radius 1 is 1.23 bits per heavy atom. The van der Waals surface area contributed by atoms with Gasteiger partial charge in [0.05, 0.1) is 5.41 Å². The summed E-state index contributed by atoms with van der Waals surface area (Å²) in [5.41, 5.74) is -0.0133. The molecule has 0 aromatic heterocycles. The average Bonchev–Trinajstić information content (AvgIpc) is 3.10. The van der Waals surface area contributed by atoms with E-state index in [0.29, 0.717) is 29.6 Å². The van der Waals surface area contributed by atoms with Crippen LogP contribution in [-0.4, -0.2) is 40.3 Å². The molecule has 2 bridgehead atoms. The van der Waals surface area contributed by atoms with Gasteiger partial charge in [-0.05, 0) is 67.8 Å². The molecule has 1 heterocycles. The number of carbonyl (C=O) groups is 2. The molecule has 1 spiro atoms. The maximum Gasteiger partial charge on any atom is 0.317 e. The maximum absolute atomic E-state index is 13.0. The van der Waals surface area contributed by atoms with E-state index in [9.17, 15) is 19.8 Å². The normalized spacial score (nSPS) is 54.7. The van der Waals surface area contributed by atoms with Gasteiger partial charge in [-0.3, -0.25) is 9.59 Å². The van der Waals surface area contributed by atoms with Crippen LogP contribution in [0.4, 0.5) is 0 Å². The molecule has 3 saturated carbocycles. The lowest BCUT2D eigenvalue weighted by atomic mass is 9.46. The van der Waals surface area contributed by atoms with Gasteiger partial charge in [0.1, 0.15) is 24.1 Å². The standard InChI is InChI=1S/C21H28O5/c1-10(22)12-5-6-13-11-3-4-15-17(23)18(24)16-9-21(15,19(25)26-16)14(11)7-8-20(12,13)2/h4,11-14,16-18,23-24H,3,5-9H2,1-2H3/t11-,12+,13-,14-,16-,17+,18-,20+,21-/m0/s1. The fourth-order valence-corrected chi connectivity index (χ4v) is 7.74. The van der Waals surface area contributed by atoms with Crippen LogP contribution in [0.1, 0.15) is 52.4 Å². The second kappa shape index (κ2) is 5.20. The summed E-state index contributed by atoms with van der Waals surface area (Å²) < 4.78 is 5.53. The lowest BCUT2D eigenvalue weighted by Crippen LogP contribution is -2.56. The van der Waals surface area contributed by atoms with E-state index in [0.717, 1.165) is 32.1 Å². The number of rotatable bonds is 1. The average molecular weight is 360 g/mol. The van der Waals surface area contributed by atoms with E-state index in [2.05, 4.69) is 6.92 Å². The number of carbonyl (C=O) groups excluding carboxylic acids is 2. The van der Waals surface area contributed by atoms with Gasteiger partial charge in [0.15, 0.2) is 0 Å². The number of ether oxygens (including phenoxy) is 1. The van der Waals surface area contributed by atoms with Gasteiger partial charge in [-0.25, -0.2) is 0 Å². The SMILES string of the molecule is CC(=O)[C@H]1CC[C@H]2[C@@H]3CC=C4[C@@H](O)[C@@H](O)[C@@H]5C[C@]4(C(=O)O5)[C@H]3CC[C@]12C. The van der Waals surface area contributed by atoms with Crippen LogP contribution in [0.3, 0.4) is 0 Å². The molecule has 0 aromatic rings. The minimum Gasteiger partial charge on any atom is -0.459 e. The number of Topliss-reactive ketones (excluding diaryl/α,β-unsaturated/α-hetero) is 1. The number of aliphatic hydroxyl groups excluding tert-OH is 2. The fourth-order valence-electron chi connectivity index (χ4n) is 7.74. The molecule has 4 fully saturated rings. The molecular weight excluding hydrogens is 332 g/mol. The number of fused-ring (bicyclic) bond motifs is 4. The van der Waals surface area contributed by atoms with Crippen molar-refractivity contribution in [1.82, 2.24) is 0 Å².